The average Bonchev–Trinajstić information content (AvgIpc) is 3.03. The maximum Gasteiger partial charge on any atom is 0.294 e. The SMILES string of the molecule is C=CCN(Cc1nc2c(oc3ccccc32)c(=O)[nH]1)Cc1ccccc1F. The van der Waals surface area contributed by atoms with E-state index in [1.54, 1.807) is 30.3 Å². The summed E-state index contributed by atoms with van der Waals surface area (Å²) in [5.74, 6) is 0.238. The number of hydrogen-bond donors (Lipinski definition) is 1. The van der Waals surface area contributed by atoms with Gasteiger partial charge in [-0.2, -0.15) is 0 Å². The summed E-state index contributed by atoms with van der Waals surface area (Å²) in [4.78, 5) is 21.8. The van der Waals surface area contributed by atoms with Crippen molar-refractivity contribution >= 4 is 22.1 Å². The number of H-pyrrole nitrogens is 1. The Morgan fingerprint density at radius 2 is 1.93 bits per heavy atom. The number of halogens is 1. The molecule has 1 N–H and O–H groups in total. The molecule has 27 heavy (non-hydrogen) atoms. The van der Waals surface area contributed by atoms with Gasteiger partial charge in [0.25, 0.3) is 5.56 Å². The average molecular weight is 363 g/mol. The molecule has 2 heterocycles. The second-order valence-electron chi connectivity index (χ2n) is 6.34. The molecule has 0 amide bonds. The van der Waals surface area contributed by atoms with Gasteiger partial charge in [-0.1, -0.05) is 36.4 Å². The molecule has 0 saturated heterocycles. The van der Waals surface area contributed by atoms with E-state index in [-0.39, 0.29) is 17.0 Å². The zero-order valence-electron chi connectivity index (χ0n) is 14.6. The zero-order chi connectivity index (χ0) is 18.8. The Morgan fingerprint density at radius 3 is 2.74 bits per heavy atom. The fourth-order valence-corrected chi connectivity index (χ4v) is 3.17. The van der Waals surface area contributed by atoms with Crippen LogP contribution in [0.4, 0.5) is 4.39 Å². The second-order valence-corrected chi connectivity index (χ2v) is 6.34. The summed E-state index contributed by atoms with van der Waals surface area (Å²) in [7, 11) is 0. The zero-order valence-corrected chi connectivity index (χ0v) is 14.6. The lowest BCUT2D eigenvalue weighted by Crippen LogP contribution is -2.26. The van der Waals surface area contributed by atoms with Crippen LogP contribution in [0.15, 0.2) is 70.4 Å². The first-order chi connectivity index (χ1) is 13.2. The third-order valence-corrected chi connectivity index (χ3v) is 4.39. The van der Waals surface area contributed by atoms with Crippen LogP contribution in [0.1, 0.15) is 11.4 Å². The third-order valence-electron chi connectivity index (χ3n) is 4.39. The first-order valence-electron chi connectivity index (χ1n) is 8.63. The van der Waals surface area contributed by atoms with Gasteiger partial charge in [0.05, 0.1) is 6.54 Å². The van der Waals surface area contributed by atoms with Crippen LogP contribution in [0.2, 0.25) is 0 Å². The van der Waals surface area contributed by atoms with Gasteiger partial charge in [0.15, 0.2) is 0 Å². The molecule has 0 aliphatic heterocycles. The van der Waals surface area contributed by atoms with Gasteiger partial charge >= 0.3 is 0 Å². The van der Waals surface area contributed by atoms with Crippen LogP contribution >= 0.6 is 0 Å². The maximum absolute atomic E-state index is 14.0. The summed E-state index contributed by atoms with van der Waals surface area (Å²) in [5.41, 5.74) is 1.63. The minimum Gasteiger partial charge on any atom is -0.449 e. The summed E-state index contributed by atoms with van der Waals surface area (Å²) < 4.78 is 19.6. The van der Waals surface area contributed by atoms with E-state index in [0.29, 0.717) is 42.1 Å². The molecule has 0 fully saturated rings. The Balaban J connectivity index is 1.69. The van der Waals surface area contributed by atoms with Crippen molar-refractivity contribution in [3.63, 3.8) is 0 Å². The second kappa shape index (κ2) is 7.17. The summed E-state index contributed by atoms with van der Waals surface area (Å²) in [6, 6.07) is 14.0. The molecule has 4 aromatic rings. The minimum atomic E-state index is -0.323. The van der Waals surface area contributed by atoms with E-state index in [1.807, 2.05) is 23.1 Å². The van der Waals surface area contributed by atoms with Crippen molar-refractivity contribution in [3.05, 3.63) is 88.7 Å². The Bertz CT molecular complexity index is 1180. The van der Waals surface area contributed by atoms with Crippen molar-refractivity contribution in [3.8, 4) is 0 Å². The lowest BCUT2D eigenvalue weighted by molar-refractivity contribution is 0.274. The Kier molecular flexibility index (Phi) is 4.56. The number of benzene rings is 2. The molecule has 0 spiro atoms. The highest BCUT2D eigenvalue weighted by atomic mass is 19.1. The highest BCUT2D eigenvalue weighted by Gasteiger charge is 2.15. The predicted octanol–water partition coefficient (Wildman–Crippen LogP) is 4.00. The number of nitrogens with zero attached hydrogens (tertiary/aromatic N) is 2. The van der Waals surface area contributed by atoms with Gasteiger partial charge in [0.1, 0.15) is 22.7 Å². The van der Waals surface area contributed by atoms with E-state index < -0.39 is 0 Å². The molecule has 136 valence electrons. The third kappa shape index (κ3) is 3.39. The predicted molar refractivity (Wildman–Crippen MR) is 103 cm³/mol. The fraction of sp³-hybridized carbons (Fsp3) is 0.143. The van der Waals surface area contributed by atoms with Crippen molar-refractivity contribution in [2.75, 3.05) is 6.54 Å². The summed E-state index contributed by atoms with van der Waals surface area (Å²) in [6.07, 6.45) is 1.74. The summed E-state index contributed by atoms with van der Waals surface area (Å²) >= 11 is 0. The molecule has 0 aliphatic rings. The number of aromatic nitrogens is 2. The lowest BCUT2D eigenvalue weighted by atomic mass is 10.2. The van der Waals surface area contributed by atoms with Gasteiger partial charge in [-0.15, -0.1) is 6.58 Å². The Hall–Kier alpha value is -3.25. The fourth-order valence-electron chi connectivity index (χ4n) is 3.17. The summed E-state index contributed by atoms with van der Waals surface area (Å²) in [5, 5.41) is 0.796. The molecule has 0 aliphatic carbocycles. The first-order valence-corrected chi connectivity index (χ1v) is 8.63. The molecule has 0 bridgehead atoms. The standard InChI is InChI=1S/C21H18FN3O2/c1-2-11-25(12-14-7-3-5-9-16(14)22)13-18-23-19-15-8-4-6-10-17(15)27-20(19)21(26)24-18/h2-10H,1,11-13H2,(H,23,24,26). The number of furan rings is 1. The quantitative estimate of drug-likeness (QED) is 0.526. The Labute approximate surface area is 154 Å². The van der Waals surface area contributed by atoms with Crippen molar-refractivity contribution < 1.29 is 8.81 Å². The molecule has 0 radical (unpaired) electrons. The number of nitrogens with one attached hydrogen (secondary N) is 1. The number of rotatable bonds is 6. The molecule has 4 rings (SSSR count). The van der Waals surface area contributed by atoms with E-state index >= 15 is 0 Å². The minimum absolute atomic E-state index is 0.212. The van der Waals surface area contributed by atoms with E-state index in [4.69, 9.17) is 4.42 Å². The van der Waals surface area contributed by atoms with E-state index in [0.717, 1.165) is 5.39 Å². The van der Waals surface area contributed by atoms with Crippen LogP contribution < -0.4 is 5.56 Å². The highest BCUT2D eigenvalue weighted by molar-refractivity contribution is 6.01. The van der Waals surface area contributed by atoms with Crippen molar-refractivity contribution in [2.45, 2.75) is 13.1 Å². The van der Waals surface area contributed by atoms with Gasteiger partial charge in [0.2, 0.25) is 5.58 Å². The number of fused-ring (bicyclic) bond motifs is 3. The van der Waals surface area contributed by atoms with Crippen LogP contribution in [-0.4, -0.2) is 21.4 Å². The maximum atomic E-state index is 14.0. The largest absolute Gasteiger partial charge is 0.449 e. The topological polar surface area (TPSA) is 62.1 Å². The lowest BCUT2D eigenvalue weighted by Gasteiger charge is -2.20. The van der Waals surface area contributed by atoms with Crippen LogP contribution in [0, 0.1) is 5.82 Å². The summed E-state index contributed by atoms with van der Waals surface area (Å²) in [6.45, 7) is 5.03. The van der Waals surface area contributed by atoms with Crippen molar-refractivity contribution in [1.29, 1.82) is 0 Å². The van der Waals surface area contributed by atoms with Crippen LogP contribution in [0.25, 0.3) is 22.1 Å². The van der Waals surface area contributed by atoms with Crippen molar-refractivity contribution in [1.82, 2.24) is 14.9 Å². The number of hydrogen-bond acceptors (Lipinski definition) is 4. The molecule has 0 saturated carbocycles. The molecule has 2 aromatic carbocycles. The van der Waals surface area contributed by atoms with E-state index in [1.165, 1.54) is 6.07 Å². The molecule has 0 atom stereocenters. The normalized spacial score (nSPS) is 11.5. The first kappa shape index (κ1) is 17.2. The molecule has 0 unspecified atom stereocenters. The van der Waals surface area contributed by atoms with Gasteiger partial charge in [-0.25, -0.2) is 9.37 Å². The monoisotopic (exact) mass is 363 g/mol. The van der Waals surface area contributed by atoms with Crippen LogP contribution in [-0.2, 0) is 13.1 Å². The van der Waals surface area contributed by atoms with E-state index in [9.17, 15) is 9.18 Å². The molecular weight excluding hydrogens is 345 g/mol. The Morgan fingerprint density at radius 1 is 1.15 bits per heavy atom. The smallest absolute Gasteiger partial charge is 0.294 e. The number of aromatic amines is 1. The highest BCUT2D eigenvalue weighted by Crippen LogP contribution is 2.24. The number of para-hydroxylation sites is 1. The van der Waals surface area contributed by atoms with Crippen LogP contribution in [0.3, 0.4) is 0 Å². The molecule has 2 aromatic heterocycles. The van der Waals surface area contributed by atoms with Gasteiger partial charge < -0.3 is 9.40 Å². The molecular formula is C21H18FN3O2. The van der Waals surface area contributed by atoms with Gasteiger partial charge in [-0.3, -0.25) is 9.69 Å². The molecule has 5 nitrogen and oxygen atoms in total. The van der Waals surface area contributed by atoms with E-state index in [2.05, 4.69) is 16.5 Å². The van der Waals surface area contributed by atoms with Crippen molar-refractivity contribution in [2.24, 2.45) is 0 Å². The molecule has 6 heteroatoms. The van der Waals surface area contributed by atoms with Crippen LogP contribution in [0.5, 0.6) is 0 Å². The van der Waals surface area contributed by atoms with Gasteiger partial charge in [-0.05, 0) is 18.2 Å². The van der Waals surface area contributed by atoms with Gasteiger partial charge in [0, 0.05) is 24.0 Å².